The SMILES string of the molecule is CCOC(=O)CCc1cc2c(C)cc(=O)oc2c2c1OCN(CCOC)C2. The molecule has 146 valence electrons. The van der Waals surface area contributed by atoms with Crippen LogP contribution in [0.25, 0.3) is 11.0 Å². The van der Waals surface area contributed by atoms with Crippen LogP contribution in [-0.2, 0) is 27.2 Å². The van der Waals surface area contributed by atoms with E-state index in [0.29, 0.717) is 50.8 Å². The van der Waals surface area contributed by atoms with Crippen LogP contribution in [0.15, 0.2) is 21.3 Å². The summed E-state index contributed by atoms with van der Waals surface area (Å²) in [5, 5.41) is 0.865. The van der Waals surface area contributed by atoms with Crippen molar-refractivity contribution >= 4 is 16.9 Å². The van der Waals surface area contributed by atoms with E-state index >= 15 is 0 Å². The van der Waals surface area contributed by atoms with E-state index in [1.54, 1.807) is 14.0 Å². The van der Waals surface area contributed by atoms with Gasteiger partial charge in [-0.05, 0) is 37.5 Å². The van der Waals surface area contributed by atoms with Crippen molar-refractivity contribution in [2.75, 3.05) is 33.6 Å². The standard InChI is InChI=1S/C20H25NO6/c1-4-25-17(22)6-5-14-10-15-13(2)9-18(23)27-20(15)16-11-21(7-8-24-3)12-26-19(14)16/h9-10H,4-8,11-12H2,1-3H3. The van der Waals surface area contributed by atoms with Crippen molar-refractivity contribution in [3.8, 4) is 5.75 Å². The lowest BCUT2D eigenvalue weighted by molar-refractivity contribution is -0.143. The zero-order valence-corrected chi connectivity index (χ0v) is 16.0. The topological polar surface area (TPSA) is 78.2 Å². The first kappa shape index (κ1) is 19.4. The molecular formula is C20H25NO6. The highest BCUT2D eigenvalue weighted by atomic mass is 16.5. The van der Waals surface area contributed by atoms with Crippen molar-refractivity contribution < 1.29 is 23.4 Å². The minimum absolute atomic E-state index is 0.236. The van der Waals surface area contributed by atoms with Gasteiger partial charge in [0.25, 0.3) is 0 Å². The molecule has 7 nitrogen and oxygen atoms in total. The second-order valence-electron chi connectivity index (χ2n) is 6.59. The van der Waals surface area contributed by atoms with Gasteiger partial charge in [-0.25, -0.2) is 4.79 Å². The summed E-state index contributed by atoms with van der Waals surface area (Å²) in [6, 6.07) is 3.44. The van der Waals surface area contributed by atoms with Gasteiger partial charge >= 0.3 is 11.6 Å². The van der Waals surface area contributed by atoms with Gasteiger partial charge in [-0.1, -0.05) is 0 Å². The third-order valence-corrected chi connectivity index (χ3v) is 4.65. The van der Waals surface area contributed by atoms with Gasteiger partial charge in [-0.3, -0.25) is 9.69 Å². The molecule has 2 aromatic rings. The van der Waals surface area contributed by atoms with Crippen LogP contribution in [0.2, 0.25) is 0 Å². The number of methoxy groups -OCH3 is 1. The minimum Gasteiger partial charge on any atom is -0.477 e. The smallest absolute Gasteiger partial charge is 0.336 e. The van der Waals surface area contributed by atoms with Crippen LogP contribution in [0.1, 0.15) is 30.0 Å². The molecule has 1 aromatic carbocycles. The fourth-order valence-corrected chi connectivity index (χ4v) is 3.33. The Balaban J connectivity index is 2.02. The van der Waals surface area contributed by atoms with Gasteiger partial charge in [0.2, 0.25) is 0 Å². The van der Waals surface area contributed by atoms with Gasteiger partial charge in [0.05, 0.1) is 18.8 Å². The molecule has 1 aromatic heterocycles. The molecule has 0 bridgehead atoms. The second-order valence-corrected chi connectivity index (χ2v) is 6.59. The molecule has 0 fully saturated rings. The number of aryl methyl sites for hydroxylation is 2. The molecule has 0 unspecified atom stereocenters. The number of rotatable bonds is 7. The maximum Gasteiger partial charge on any atom is 0.336 e. The van der Waals surface area contributed by atoms with Crippen LogP contribution in [-0.4, -0.2) is 44.5 Å². The van der Waals surface area contributed by atoms with Crippen LogP contribution < -0.4 is 10.4 Å². The van der Waals surface area contributed by atoms with Crippen molar-refractivity contribution in [2.24, 2.45) is 0 Å². The molecule has 0 amide bonds. The van der Waals surface area contributed by atoms with Crippen LogP contribution in [0.4, 0.5) is 0 Å². The number of benzene rings is 1. The van der Waals surface area contributed by atoms with Gasteiger partial charge in [-0.2, -0.15) is 0 Å². The highest BCUT2D eigenvalue weighted by Crippen LogP contribution is 2.37. The van der Waals surface area contributed by atoms with E-state index in [1.165, 1.54) is 6.07 Å². The highest BCUT2D eigenvalue weighted by Gasteiger charge is 2.25. The molecule has 2 heterocycles. The molecule has 7 heteroatoms. The summed E-state index contributed by atoms with van der Waals surface area (Å²) in [7, 11) is 1.66. The quantitative estimate of drug-likeness (QED) is 0.543. The number of fused-ring (bicyclic) bond motifs is 3. The van der Waals surface area contributed by atoms with Crippen molar-refractivity contribution in [3.63, 3.8) is 0 Å². The zero-order chi connectivity index (χ0) is 19.4. The van der Waals surface area contributed by atoms with E-state index in [0.717, 1.165) is 22.1 Å². The first-order chi connectivity index (χ1) is 13.0. The second kappa shape index (κ2) is 8.54. The Bertz CT molecular complexity index is 888. The molecule has 27 heavy (non-hydrogen) atoms. The van der Waals surface area contributed by atoms with Gasteiger partial charge in [0, 0.05) is 38.1 Å². The number of ether oxygens (including phenoxy) is 3. The van der Waals surface area contributed by atoms with Gasteiger partial charge < -0.3 is 18.6 Å². The number of nitrogens with zero attached hydrogens (tertiary/aromatic N) is 1. The Hall–Kier alpha value is -2.38. The Kier molecular flexibility index (Phi) is 6.13. The summed E-state index contributed by atoms with van der Waals surface area (Å²) < 4.78 is 21.7. The summed E-state index contributed by atoms with van der Waals surface area (Å²) >= 11 is 0. The van der Waals surface area contributed by atoms with E-state index in [2.05, 4.69) is 4.90 Å². The zero-order valence-electron chi connectivity index (χ0n) is 16.0. The third-order valence-electron chi connectivity index (χ3n) is 4.65. The largest absolute Gasteiger partial charge is 0.477 e. The summed E-state index contributed by atoms with van der Waals surface area (Å²) in [5.41, 5.74) is 2.78. The molecular weight excluding hydrogens is 350 g/mol. The van der Waals surface area contributed by atoms with E-state index in [1.807, 2.05) is 13.0 Å². The average Bonchev–Trinajstić information content (AvgIpc) is 2.65. The highest BCUT2D eigenvalue weighted by molar-refractivity contribution is 5.86. The predicted molar refractivity (Wildman–Crippen MR) is 100.0 cm³/mol. The Labute approximate surface area is 157 Å². The minimum atomic E-state index is -0.379. The Morgan fingerprint density at radius 1 is 1.33 bits per heavy atom. The van der Waals surface area contributed by atoms with Gasteiger partial charge in [-0.15, -0.1) is 0 Å². The number of esters is 1. The summed E-state index contributed by atoms with van der Waals surface area (Å²) in [6.07, 6.45) is 0.784. The summed E-state index contributed by atoms with van der Waals surface area (Å²) in [6.45, 7) is 6.34. The van der Waals surface area contributed by atoms with Crippen LogP contribution >= 0.6 is 0 Å². The summed E-state index contributed by atoms with van der Waals surface area (Å²) in [5.74, 6) is 0.467. The third kappa shape index (κ3) is 4.31. The molecule has 0 atom stereocenters. The van der Waals surface area contributed by atoms with Crippen molar-refractivity contribution in [3.05, 3.63) is 39.2 Å². The molecule has 0 saturated heterocycles. The number of hydrogen-bond acceptors (Lipinski definition) is 7. The number of carbonyl (C=O) groups is 1. The fraction of sp³-hybridized carbons (Fsp3) is 0.500. The monoisotopic (exact) mass is 375 g/mol. The van der Waals surface area contributed by atoms with Crippen LogP contribution in [0.5, 0.6) is 5.75 Å². The predicted octanol–water partition coefficient (Wildman–Crippen LogP) is 2.40. The molecule has 0 radical (unpaired) electrons. The van der Waals surface area contributed by atoms with Crippen molar-refractivity contribution in [2.45, 2.75) is 33.2 Å². The molecule has 1 aliphatic heterocycles. The fourth-order valence-electron chi connectivity index (χ4n) is 3.33. The first-order valence-electron chi connectivity index (χ1n) is 9.12. The molecule has 0 N–H and O–H groups in total. The molecule has 3 rings (SSSR count). The molecule has 0 spiro atoms. The Morgan fingerprint density at radius 2 is 2.15 bits per heavy atom. The lowest BCUT2D eigenvalue weighted by Gasteiger charge is -2.30. The summed E-state index contributed by atoms with van der Waals surface area (Å²) in [4.78, 5) is 25.8. The molecule has 0 saturated carbocycles. The van der Waals surface area contributed by atoms with Crippen LogP contribution in [0.3, 0.4) is 0 Å². The maximum atomic E-state index is 11.9. The van der Waals surface area contributed by atoms with E-state index in [4.69, 9.17) is 18.6 Å². The van der Waals surface area contributed by atoms with Gasteiger partial charge in [0.15, 0.2) is 0 Å². The van der Waals surface area contributed by atoms with Crippen molar-refractivity contribution in [1.82, 2.24) is 4.90 Å². The van der Waals surface area contributed by atoms with Gasteiger partial charge in [0.1, 0.15) is 18.1 Å². The average molecular weight is 375 g/mol. The number of hydrogen-bond donors (Lipinski definition) is 0. The van der Waals surface area contributed by atoms with Crippen LogP contribution in [0, 0.1) is 6.92 Å². The molecule has 0 aliphatic carbocycles. The van der Waals surface area contributed by atoms with E-state index in [9.17, 15) is 9.59 Å². The number of carbonyl (C=O) groups excluding carboxylic acids is 1. The van der Waals surface area contributed by atoms with E-state index in [-0.39, 0.29) is 18.0 Å². The van der Waals surface area contributed by atoms with Crippen molar-refractivity contribution in [1.29, 1.82) is 0 Å². The Morgan fingerprint density at radius 3 is 2.89 bits per heavy atom. The first-order valence-corrected chi connectivity index (χ1v) is 9.12. The lowest BCUT2D eigenvalue weighted by atomic mass is 9.97. The lowest BCUT2D eigenvalue weighted by Crippen LogP contribution is -2.35. The van der Waals surface area contributed by atoms with E-state index < -0.39 is 0 Å². The molecule has 1 aliphatic rings. The maximum absolute atomic E-state index is 11.9. The normalized spacial score (nSPS) is 14.0.